The van der Waals surface area contributed by atoms with Gasteiger partial charge in [-0.15, -0.1) is 0 Å². The number of Topliss-reactive ketones (excluding diaryl/α,β-unsaturated/α-hetero) is 2. The molecule has 0 aliphatic carbocycles. The topological polar surface area (TPSA) is 142 Å². The number of hydrogen-bond donors (Lipinski definition) is 2. The van der Waals surface area contributed by atoms with E-state index < -0.39 is 35.5 Å². The minimum Gasteiger partial charge on any atom is -0.324 e. The van der Waals surface area contributed by atoms with Crippen molar-refractivity contribution in [1.82, 2.24) is 0 Å². The number of carbonyl (C=O) groups excluding carboxylic acids is 4. The second-order valence-corrected chi connectivity index (χ2v) is 10.2. The number of para-hydroxylation sites is 2. The van der Waals surface area contributed by atoms with Crippen molar-refractivity contribution in [3.8, 4) is 11.1 Å². The standard InChI is InChI=1S/C34H32N6O4/c1-21-19-25(15-17-29(21)37-39-31(23(3)41)33(43)35-27-11-7-5-8-12-27)26-16-18-30(22(2)20-26)38-40-32(24(4)42)34(44)36-28-13-9-6-10-14-28/h5-20,31-32H,1-4H3,(H,35,43)(H,36,44)/t31-,32-/m0/s1. The molecule has 44 heavy (non-hydrogen) atoms. The molecule has 0 aromatic heterocycles. The van der Waals surface area contributed by atoms with Gasteiger partial charge in [-0.3, -0.25) is 19.2 Å². The monoisotopic (exact) mass is 588 g/mol. The van der Waals surface area contributed by atoms with Gasteiger partial charge in [-0.05, 0) is 98.5 Å². The number of amides is 2. The van der Waals surface area contributed by atoms with Crippen LogP contribution in [-0.2, 0) is 19.2 Å². The maximum Gasteiger partial charge on any atom is 0.258 e. The van der Waals surface area contributed by atoms with Crippen LogP contribution in [0.15, 0.2) is 118 Å². The fraction of sp³-hybridized carbons (Fsp3) is 0.176. The van der Waals surface area contributed by atoms with Gasteiger partial charge in [0.1, 0.15) is 0 Å². The molecule has 0 heterocycles. The molecule has 0 bridgehead atoms. The van der Waals surface area contributed by atoms with Crippen molar-refractivity contribution >= 4 is 46.1 Å². The van der Waals surface area contributed by atoms with Gasteiger partial charge < -0.3 is 10.6 Å². The highest BCUT2D eigenvalue weighted by Gasteiger charge is 2.24. The van der Waals surface area contributed by atoms with Gasteiger partial charge in [0, 0.05) is 11.4 Å². The molecule has 0 fully saturated rings. The van der Waals surface area contributed by atoms with Gasteiger partial charge in [-0.1, -0.05) is 48.5 Å². The Morgan fingerprint density at radius 1 is 0.545 bits per heavy atom. The molecule has 2 N–H and O–H groups in total. The van der Waals surface area contributed by atoms with Gasteiger partial charge in [-0.25, -0.2) is 0 Å². The van der Waals surface area contributed by atoms with Gasteiger partial charge in [-0.2, -0.15) is 20.5 Å². The second kappa shape index (κ2) is 14.5. The lowest BCUT2D eigenvalue weighted by molar-refractivity contribution is -0.127. The van der Waals surface area contributed by atoms with Crippen LogP contribution in [0, 0.1) is 13.8 Å². The molecule has 0 aliphatic heterocycles. The van der Waals surface area contributed by atoms with Crippen LogP contribution in [0.2, 0.25) is 0 Å². The van der Waals surface area contributed by atoms with E-state index >= 15 is 0 Å². The summed E-state index contributed by atoms with van der Waals surface area (Å²) in [6.45, 7) is 6.33. The fourth-order valence-electron chi connectivity index (χ4n) is 4.24. The first-order valence-electron chi connectivity index (χ1n) is 13.9. The number of aryl methyl sites for hydroxylation is 2. The fourth-order valence-corrected chi connectivity index (χ4v) is 4.24. The highest BCUT2D eigenvalue weighted by molar-refractivity contribution is 6.10. The van der Waals surface area contributed by atoms with E-state index in [1.54, 1.807) is 60.7 Å². The molecular formula is C34H32N6O4. The number of nitrogens with one attached hydrogen (secondary N) is 2. The number of carbonyl (C=O) groups is 4. The minimum absolute atomic E-state index is 0.421. The van der Waals surface area contributed by atoms with Crippen LogP contribution in [0.1, 0.15) is 25.0 Å². The highest BCUT2D eigenvalue weighted by atomic mass is 16.2. The van der Waals surface area contributed by atoms with Crippen LogP contribution in [-0.4, -0.2) is 35.5 Å². The smallest absolute Gasteiger partial charge is 0.258 e. The third-order valence-electron chi connectivity index (χ3n) is 6.64. The Kier molecular flexibility index (Phi) is 10.3. The number of azo groups is 2. The van der Waals surface area contributed by atoms with Crippen molar-refractivity contribution in [2.45, 2.75) is 39.8 Å². The molecule has 4 rings (SSSR count). The van der Waals surface area contributed by atoms with E-state index in [4.69, 9.17) is 0 Å². The normalized spacial score (nSPS) is 12.5. The number of ketones is 2. The van der Waals surface area contributed by atoms with Crippen LogP contribution >= 0.6 is 0 Å². The second-order valence-electron chi connectivity index (χ2n) is 10.2. The highest BCUT2D eigenvalue weighted by Crippen LogP contribution is 2.30. The molecule has 10 nitrogen and oxygen atoms in total. The average molecular weight is 589 g/mol. The first-order chi connectivity index (χ1) is 21.1. The summed E-state index contributed by atoms with van der Waals surface area (Å²) in [6.07, 6.45) is 0. The van der Waals surface area contributed by atoms with Gasteiger partial charge >= 0.3 is 0 Å². The summed E-state index contributed by atoms with van der Waals surface area (Å²) in [5.41, 5.74) is 5.59. The summed E-state index contributed by atoms with van der Waals surface area (Å²) in [6, 6.07) is 26.2. The first-order valence-corrected chi connectivity index (χ1v) is 13.9. The van der Waals surface area contributed by atoms with Crippen molar-refractivity contribution in [3.63, 3.8) is 0 Å². The molecular weight excluding hydrogens is 556 g/mol. The lowest BCUT2D eigenvalue weighted by Crippen LogP contribution is -2.31. The molecule has 4 aromatic carbocycles. The van der Waals surface area contributed by atoms with Crippen molar-refractivity contribution in [2.75, 3.05) is 10.6 Å². The van der Waals surface area contributed by atoms with E-state index in [0.29, 0.717) is 22.7 Å². The third kappa shape index (κ3) is 8.22. The zero-order valence-corrected chi connectivity index (χ0v) is 24.8. The summed E-state index contributed by atoms with van der Waals surface area (Å²) in [5.74, 6) is -1.95. The summed E-state index contributed by atoms with van der Waals surface area (Å²) >= 11 is 0. The number of anilines is 2. The maximum absolute atomic E-state index is 12.6. The molecule has 0 aliphatic rings. The van der Waals surface area contributed by atoms with E-state index in [1.807, 2.05) is 50.2 Å². The molecule has 10 heteroatoms. The largest absolute Gasteiger partial charge is 0.324 e. The summed E-state index contributed by atoms with van der Waals surface area (Å²) in [5, 5.41) is 21.9. The van der Waals surface area contributed by atoms with Crippen molar-refractivity contribution in [2.24, 2.45) is 20.5 Å². The summed E-state index contributed by atoms with van der Waals surface area (Å²) < 4.78 is 0. The van der Waals surface area contributed by atoms with Crippen molar-refractivity contribution in [3.05, 3.63) is 108 Å². The molecule has 0 unspecified atom stereocenters. The van der Waals surface area contributed by atoms with Crippen LogP contribution < -0.4 is 10.6 Å². The summed E-state index contributed by atoms with van der Waals surface area (Å²) in [7, 11) is 0. The van der Waals surface area contributed by atoms with Crippen LogP contribution in [0.25, 0.3) is 11.1 Å². The van der Waals surface area contributed by atoms with E-state index in [1.165, 1.54) is 13.8 Å². The van der Waals surface area contributed by atoms with Gasteiger partial charge in [0.25, 0.3) is 11.8 Å². The number of hydrogen-bond acceptors (Lipinski definition) is 8. The molecule has 0 spiro atoms. The number of nitrogens with zero attached hydrogens (tertiary/aromatic N) is 4. The zero-order chi connectivity index (χ0) is 31.6. The zero-order valence-electron chi connectivity index (χ0n) is 24.8. The van der Waals surface area contributed by atoms with Gasteiger partial charge in [0.15, 0.2) is 11.6 Å². The molecule has 0 saturated heterocycles. The Balaban J connectivity index is 1.47. The Bertz CT molecular complexity index is 1610. The van der Waals surface area contributed by atoms with E-state index in [9.17, 15) is 19.2 Å². The van der Waals surface area contributed by atoms with Crippen molar-refractivity contribution < 1.29 is 19.2 Å². The molecule has 4 aromatic rings. The quantitative estimate of drug-likeness (QED) is 0.140. The lowest BCUT2D eigenvalue weighted by atomic mass is 10.0. The molecule has 2 amide bonds. The summed E-state index contributed by atoms with van der Waals surface area (Å²) in [4.78, 5) is 49.6. The average Bonchev–Trinajstić information content (AvgIpc) is 2.99. The maximum atomic E-state index is 12.6. The molecule has 0 saturated carbocycles. The van der Waals surface area contributed by atoms with E-state index in [2.05, 4.69) is 31.1 Å². The Labute approximate surface area is 255 Å². The predicted molar refractivity (Wildman–Crippen MR) is 169 cm³/mol. The Morgan fingerprint density at radius 2 is 0.909 bits per heavy atom. The SMILES string of the molecule is CC(=O)[C@H](N=Nc1ccc(-c2ccc(N=N[C@@H](C(C)=O)C(=O)Nc3ccccc3)c(C)c2)cc1C)C(=O)Nc1ccccc1. The van der Waals surface area contributed by atoms with Crippen LogP contribution in [0.3, 0.4) is 0 Å². The molecule has 222 valence electrons. The first kappa shape index (κ1) is 31.3. The van der Waals surface area contributed by atoms with Gasteiger partial charge in [0.2, 0.25) is 12.1 Å². The molecule has 0 radical (unpaired) electrons. The van der Waals surface area contributed by atoms with Gasteiger partial charge in [0.05, 0.1) is 11.4 Å². The van der Waals surface area contributed by atoms with Crippen molar-refractivity contribution in [1.29, 1.82) is 0 Å². The van der Waals surface area contributed by atoms with E-state index in [0.717, 1.165) is 22.3 Å². The number of rotatable bonds is 11. The lowest BCUT2D eigenvalue weighted by Gasteiger charge is -2.11. The number of benzene rings is 4. The third-order valence-corrected chi connectivity index (χ3v) is 6.64. The van der Waals surface area contributed by atoms with Crippen LogP contribution in [0.5, 0.6) is 0 Å². The molecule has 2 atom stereocenters. The van der Waals surface area contributed by atoms with Crippen LogP contribution in [0.4, 0.5) is 22.7 Å². The Hall–Kier alpha value is -5.64. The minimum atomic E-state index is -1.27. The van der Waals surface area contributed by atoms with E-state index in [-0.39, 0.29) is 0 Å². The predicted octanol–water partition coefficient (Wildman–Crippen LogP) is 7.33. The Morgan fingerprint density at radius 3 is 1.23 bits per heavy atom.